The molecular weight excluding hydrogens is 344 g/mol. The second-order valence-electron chi connectivity index (χ2n) is 6.40. The molecule has 0 spiro atoms. The van der Waals surface area contributed by atoms with Gasteiger partial charge in [-0.15, -0.1) is 0 Å². The number of carbonyl (C=O) groups excluding carboxylic acids is 1. The molecule has 0 radical (unpaired) electrons. The van der Waals surface area contributed by atoms with Crippen molar-refractivity contribution in [1.29, 1.82) is 0 Å². The number of nitrogens with zero attached hydrogens (tertiary/aromatic N) is 3. The van der Waals surface area contributed by atoms with Crippen LogP contribution in [0.25, 0.3) is 11.0 Å². The number of amides is 1. The topological polar surface area (TPSA) is 119 Å². The minimum absolute atomic E-state index is 0.0291. The molecule has 8 nitrogen and oxygen atoms in total. The average Bonchev–Trinajstić information content (AvgIpc) is 3.15. The van der Waals surface area contributed by atoms with Gasteiger partial charge in [-0.1, -0.05) is 12.1 Å². The predicted molar refractivity (Wildman–Crippen MR) is 92.9 cm³/mol. The van der Waals surface area contributed by atoms with Gasteiger partial charge in [0, 0.05) is 26.1 Å². The molecule has 1 saturated heterocycles. The van der Waals surface area contributed by atoms with E-state index in [1.54, 1.807) is 4.90 Å². The van der Waals surface area contributed by atoms with Crippen LogP contribution in [0.1, 0.15) is 18.7 Å². The largest absolute Gasteiger partial charge is 0.388 e. The van der Waals surface area contributed by atoms with Crippen molar-refractivity contribution >= 4 is 27.0 Å². The molecule has 0 bridgehead atoms. The minimum atomic E-state index is -3.52. The van der Waals surface area contributed by atoms with E-state index in [0.29, 0.717) is 31.9 Å². The summed E-state index contributed by atoms with van der Waals surface area (Å²) in [6.07, 6.45) is 0.924. The summed E-state index contributed by atoms with van der Waals surface area (Å²) >= 11 is 0. The van der Waals surface area contributed by atoms with Crippen LogP contribution in [0.3, 0.4) is 0 Å². The lowest BCUT2D eigenvalue weighted by Crippen LogP contribution is -2.31. The molecule has 1 aromatic heterocycles. The number of sulfonamides is 1. The number of primary sulfonamides is 1. The molecule has 1 atom stereocenters. The van der Waals surface area contributed by atoms with Crippen molar-refractivity contribution in [2.24, 2.45) is 11.1 Å². The Bertz CT molecular complexity index is 877. The maximum atomic E-state index is 12.4. The Labute approximate surface area is 146 Å². The van der Waals surface area contributed by atoms with Crippen LogP contribution in [0.5, 0.6) is 0 Å². The van der Waals surface area contributed by atoms with E-state index in [0.717, 1.165) is 11.0 Å². The van der Waals surface area contributed by atoms with Gasteiger partial charge in [-0.2, -0.15) is 0 Å². The number of aliphatic hydroxyl groups excluding tert-OH is 1. The van der Waals surface area contributed by atoms with E-state index < -0.39 is 10.0 Å². The first-order valence-electron chi connectivity index (χ1n) is 8.20. The number of carbonyl (C=O) groups is 1. The number of aromatic nitrogens is 2. The van der Waals surface area contributed by atoms with Crippen LogP contribution in [0, 0.1) is 5.92 Å². The number of likely N-dealkylation sites (tertiary alicyclic amines) is 1. The first kappa shape index (κ1) is 17.8. The van der Waals surface area contributed by atoms with Gasteiger partial charge in [-0.3, -0.25) is 4.79 Å². The third-order valence-electron chi connectivity index (χ3n) is 4.53. The molecule has 0 saturated carbocycles. The van der Waals surface area contributed by atoms with E-state index >= 15 is 0 Å². The van der Waals surface area contributed by atoms with Crippen molar-refractivity contribution < 1.29 is 18.3 Å². The first-order valence-corrected chi connectivity index (χ1v) is 9.92. The van der Waals surface area contributed by atoms with E-state index in [2.05, 4.69) is 4.98 Å². The summed E-state index contributed by atoms with van der Waals surface area (Å²) in [4.78, 5) is 18.5. The maximum absolute atomic E-state index is 12.4. The Morgan fingerprint density at radius 3 is 2.84 bits per heavy atom. The van der Waals surface area contributed by atoms with E-state index in [1.807, 2.05) is 28.8 Å². The molecule has 3 rings (SSSR count). The van der Waals surface area contributed by atoms with Crippen LogP contribution in [-0.4, -0.2) is 52.7 Å². The van der Waals surface area contributed by atoms with Crippen LogP contribution in [0.15, 0.2) is 24.3 Å². The number of hydrogen-bond donors (Lipinski definition) is 2. The number of rotatable bonds is 6. The molecule has 2 heterocycles. The Morgan fingerprint density at radius 2 is 2.12 bits per heavy atom. The highest BCUT2D eigenvalue weighted by Gasteiger charge is 2.28. The summed E-state index contributed by atoms with van der Waals surface area (Å²) in [5, 5.41) is 14.6. The summed E-state index contributed by atoms with van der Waals surface area (Å²) in [5.41, 5.74) is 1.67. The average molecular weight is 366 g/mol. The van der Waals surface area contributed by atoms with Crippen molar-refractivity contribution in [1.82, 2.24) is 14.5 Å². The summed E-state index contributed by atoms with van der Waals surface area (Å²) in [5.74, 6) is 0.319. The fourth-order valence-corrected chi connectivity index (χ4v) is 4.31. The predicted octanol–water partition coefficient (Wildman–Crippen LogP) is 0.0557. The number of aliphatic hydroxyl groups is 1. The van der Waals surface area contributed by atoms with Crippen molar-refractivity contribution in [2.75, 3.05) is 18.8 Å². The minimum Gasteiger partial charge on any atom is -0.388 e. The molecule has 9 heteroatoms. The second kappa shape index (κ2) is 7.11. The third-order valence-corrected chi connectivity index (χ3v) is 5.47. The van der Waals surface area contributed by atoms with Crippen LogP contribution < -0.4 is 5.14 Å². The molecule has 2 aromatic rings. The number of imidazole rings is 1. The molecule has 1 unspecified atom stereocenters. The number of para-hydroxylation sites is 2. The molecule has 1 aromatic carbocycles. The van der Waals surface area contributed by atoms with E-state index in [-0.39, 0.29) is 30.6 Å². The van der Waals surface area contributed by atoms with Crippen molar-refractivity contribution in [2.45, 2.75) is 26.0 Å². The van der Waals surface area contributed by atoms with Gasteiger partial charge in [0.1, 0.15) is 12.4 Å². The van der Waals surface area contributed by atoms with Gasteiger partial charge < -0.3 is 14.6 Å². The van der Waals surface area contributed by atoms with Crippen LogP contribution in [0.4, 0.5) is 0 Å². The van der Waals surface area contributed by atoms with Gasteiger partial charge in [0.05, 0.1) is 16.8 Å². The smallest absolute Gasteiger partial charge is 0.224 e. The van der Waals surface area contributed by atoms with Crippen molar-refractivity contribution in [3.05, 3.63) is 30.1 Å². The molecular formula is C16H22N4O4S. The molecule has 1 aliphatic rings. The van der Waals surface area contributed by atoms with E-state index in [4.69, 9.17) is 5.14 Å². The van der Waals surface area contributed by atoms with Gasteiger partial charge in [-0.05, 0) is 24.5 Å². The molecule has 25 heavy (non-hydrogen) atoms. The van der Waals surface area contributed by atoms with Crippen LogP contribution in [0.2, 0.25) is 0 Å². The maximum Gasteiger partial charge on any atom is 0.224 e. The lowest BCUT2D eigenvalue weighted by Gasteiger charge is -2.17. The van der Waals surface area contributed by atoms with E-state index in [1.165, 1.54) is 0 Å². The van der Waals surface area contributed by atoms with E-state index in [9.17, 15) is 18.3 Å². The second-order valence-corrected chi connectivity index (χ2v) is 8.06. The quantitative estimate of drug-likeness (QED) is 0.749. The Morgan fingerprint density at radius 1 is 1.36 bits per heavy atom. The van der Waals surface area contributed by atoms with Crippen LogP contribution >= 0.6 is 0 Å². The van der Waals surface area contributed by atoms with Gasteiger partial charge in [0.25, 0.3) is 0 Å². The Kier molecular flexibility index (Phi) is 5.07. The fourth-order valence-electron chi connectivity index (χ4n) is 3.38. The lowest BCUT2D eigenvalue weighted by atomic mass is 10.2. The number of fused-ring (bicyclic) bond motifs is 1. The Balaban J connectivity index is 1.64. The number of aryl methyl sites for hydroxylation is 1. The van der Waals surface area contributed by atoms with Gasteiger partial charge in [0.2, 0.25) is 15.9 Å². The highest BCUT2D eigenvalue weighted by Crippen LogP contribution is 2.20. The van der Waals surface area contributed by atoms with Crippen molar-refractivity contribution in [3.8, 4) is 0 Å². The normalized spacial score (nSPS) is 18.2. The SMILES string of the molecule is NS(=O)(=O)CC1CCN(C(=O)CCn2c(CO)nc3ccccc32)C1. The molecule has 1 fully saturated rings. The molecule has 136 valence electrons. The van der Waals surface area contributed by atoms with Crippen molar-refractivity contribution in [3.63, 3.8) is 0 Å². The standard InChI is InChI=1S/C16H22N4O4S/c17-25(23,24)11-12-5-7-19(9-12)16(22)6-8-20-14-4-2-1-3-13(14)18-15(20)10-21/h1-4,12,21H,5-11H2,(H2,17,23,24). The lowest BCUT2D eigenvalue weighted by molar-refractivity contribution is -0.130. The van der Waals surface area contributed by atoms with Gasteiger partial charge >= 0.3 is 0 Å². The summed E-state index contributed by atoms with van der Waals surface area (Å²) < 4.78 is 24.2. The molecule has 0 aliphatic carbocycles. The summed E-state index contributed by atoms with van der Waals surface area (Å²) in [7, 11) is -3.52. The molecule has 3 N–H and O–H groups in total. The summed E-state index contributed by atoms with van der Waals surface area (Å²) in [6, 6.07) is 7.54. The summed E-state index contributed by atoms with van der Waals surface area (Å²) in [6.45, 7) is 1.21. The van der Waals surface area contributed by atoms with Gasteiger partial charge in [-0.25, -0.2) is 18.5 Å². The zero-order valence-electron chi connectivity index (χ0n) is 13.8. The number of hydrogen-bond acceptors (Lipinski definition) is 5. The molecule has 1 amide bonds. The molecule has 1 aliphatic heterocycles. The van der Waals surface area contributed by atoms with Crippen LogP contribution in [-0.2, 0) is 28.0 Å². The highest BCUT2D eigenvalue weighted by atomic mass is 32.2. The first-order chi connectivity index (χ1) is 11.9. The zero-order valence-corrected chi connectivity index (χ0v) is 14.7. The Hall–Kier alpha value is -1.97. The number of nitrogens with two attached hydrogens (primary N) is 1. The monoisotopic (exact) mass is 366 g/mol. The van der Waals surface area contributed by atoms with Gasteiger partial charge in [0.15, 0.2) is 0 Å². The fraction of sp³-hybridized carbons (Fsp3) is 0.500. The highest BCUT2D eigenvalue weighted by molar-refractivity contribution is 7.89. The third kappa shape index (κ3) is 4.17. The zero-order chi connectivity index (χ0) is 18.0. The number of benzene rings is 1.